The molecule has 106 valence electrons. The van der Waals surface area contributed by atoms with Crippen LogP contribution in [0.25, 0.3) is 0 Å². The summed E-state index contributed by atoms with van der Waals surface area (Å²) in [5.74, 6) is 0.816. The summed E-state index contributed by atoms with van der Waals surface area (Å²) in [6, 6.07) is 0.0781. The summed E-state index contributed by atoms with van der Waals surface area (Å²) < 4.78 is 1.64. The lowest BCUT2D eigenvalue weighted by Gasteiger charge is -2.30. The van der Waals surface area contributed by atoms with E-state index in [1.54, 1.807) is 11.6 Å². The molecule has 1 aliphatic rings. The van der Waals surface area contributed by atoms with Crippen molar-refractivity contribution >= 4 is 11.6 Å². The molecule has 3 N–H and O–H groups in total. The van der Waals surface area contributed by atoms with Gasteiger partial charge in [-0.15, -0.1) is 0 Å². The average molecular weight is 267 g/mol. The van der Waals surface area contributed by atoms with Gasteiger partial charge in [0, 0.05) is 19.6 Å². The van der Waals surface area contributed by atoms with Crippen molar-refractivity contribution in [3.63, 3.8) is 0 Å². The van der Waals surface area contributed by atoms with Gasteiger partial charge in [-0.1, -0.05) is 19.3 Å². The van der Waals surface area contributed by atoms with Crippen molar-refractivity contribution in [3.05, 3.63) is 16.4 Å². The van der Waals surface area contributed by atoms with Gasteiger partial charge in [-0.05, 0) is 28.7 Å². The van der Waals surface area contributed by atoms with Gasteiger partial charge in [0.15, 0.2) is 0 Å². The van der Waals surface area contributed by atoms with Crippen LogP contribution in [0, 0.1) is 16.0 Å². The van der Waals surface area contributed by atoms with E-state index >= 15 is 0 Å². The third kappa shape index (κ3) is 3.04. The van der Waals surface area contributed by atoms with Crippen LogP contribution in [0.2, 0.25) is 0 Å². The zero-order valence-electron chi connectivity index (χ0n) is 11.2. The molecule has 1 unspecified atom stereocenters. The third-order valence-corrected chi connectivity index (χ3v) is 3.89. The third-order valence-electron chi connectivity index (χ3n) is 3.89. The Labute approximate surface area is 112 Å². The van der Waals surface area contributed by atoms with Crippen LogP contribution in [0.4, 0.5) is 11.6 Å². The second kappa shape index (κ2) is 6.01. The van der Waals surface area contributed by atoms with E-state index < -0.39 is 4.92 Å². The van der Waals surface area contributed by atoms with Crippen LogP contribution >= 0.6 is 0 Å². The van der Waals surface area contributed by atoms with E-state index in [0.29, 0.717) is 18.3 Å². The molecule has 0 aliphatic heterocycles. The molecule has 1 aliphatic carbocycles. The second-order valence-electron chi connectivity index (χ2n) is 5.17. The molecule has 0 spiro atoms. The molecule has 0 aromatic carbocycles. The number of aromatic nitrogens is 2. The summed E-state index contributed by atoms with van der Waals surface area (Å²) in [6.07, 6.45) is 7.45. The van der Waals surface area contributed by atoms with Gasteiger partial charge in [0.25, 0.3) is 0 Å². The van der Waals surface area contributed by atoms with E-state index in [2.05, 4.69) is 10.3 Å². The first kappa shape index (κ1) is 13.8. The smallest absolute Gasteiger partial charge is 0.360 e. The van der Waals surface area contributed by atoms with Crippen LogP contribution in [-0.4, -0.2) is 27.1 Å². The van der Waals surface area contributed by atoms with E-state index in [1.807, 2.05) is 0 Å². The average Bonchev–Trinajstić information content (AvgIpc) is 2.78. The summed E-state index contributed by atoms with van der Waals surface area (Å²) in [5.41, 5.74) is 5.83. The van der Waals surface area contributed by atoms with Gasteiger partial charge in [0.2, 0.25) is 12.1 Å². The van der Waals surface area contributed by atoms with Crippen molar-refractivity contribution < 1.29 is 4.92 Å². The van der Waals surface area contributed by atoms with E-state index in [9.17, 15) is 10.1 Å². The molecule has 0 saturated heterocycles. The molecule has 0 radical (unpaired) electrons. The summed E-state index contributed by atoms with van der Waals surface area (Å²) in [6.45, 7) is 0.479. The molecule has 1 fully saturated rings. The molecular formula is C12H21N5O2. The maximum absolute atomic E-state index is 10.9. The van der Waals surface area contributed by atoms with Crippen molar-refractivity contribution in [2.45, 2.75) is 38.1 Å². The Bertz CT molecular complexity index is 439. The second-order valence-corrected chi connectivity index (χ2v) is 5.17. The summed E-state index contributed by atoms with van der Waals surface area (Å²) in [7, 11) is 1.75. The highest BCUT2D eigenvalue weighted by Crippen LogP contribution is 2.30. The summed E-state index contributed by atoms with van der Waals surface area (Å²) in [4.78, 5) is 14.3. The number of nitrogens with zero attached hydrogens (tertiary/aromatic N) is 3. The van der Waals surface area contributed by atoms with Crippen LogP contribution in [-0.2, 0) is 7.05 Å². The molecule has 1 aromatic rings. The van der Waals surface area contributed by atoms with Crippen LogP contribution in [0.1, 0.15) is 32.1 Å². The number of nitrogens with one attached hydrogen (secondary N) is 1. The van der Waals surface area contributed by atoms with Crippen LogP contribution in [0.15, 0.2) is 6.33 Å². The largest absolute Gasteiger partial charge is 0.406 e. The van der Waals surface area contributed by atoms with Crippen molar-refractivity contribution in [2.75, 3.05) is 11.9 Å². The molecule has 0 amide bonds. The number of rotatable bonds is 5. The fraction of sp³-hybridized carbons (Fsp3) is 0.750. The van der Waals surface area contributed by atoms with Crippen LogP contribution in [0.5, 0.6) is 0 Å². The standard InChI is InChI=1S/C12H21N5O2/c1-16-8-14-11(17(18)19)12(16)15-10(7-13)9-5-3-2-4-6-9/h8-10,15H,2-7,13H2,1H3. The minimum absolute atomic E-state index is 0.0781. The topological polar surface area (TPSA) is 99.0 Å². The first-order valence-corrected chi connectivity index (χ1v) is 6.75. The molecule has 1 atom stereocenters. The molecule has 2 rings (SSSR count). The Morgan fingerprint density at radius 2 is 2.26 bits per heavy atom. The quantitative estimate of drug-likeness (QED) is 0.624. The SMILES string of the molecule is Cn1cnc([N+](=O)[O-])c1NC(CN)C1CCCCC1. The molecule has 1 aromatic heterocycles. The van der Waals surface area contributed by atoms with E-state index in [1.165, 1.54) is 25.6 Å². The monoisotopic (exact) mass is 267 g/mol. The predicted octanol–water partition coefficient (Wildman–Crippen LogP) is 1.65. The van der Waals surface area contributed by atoms with Gasteiger partial charge >= 0.3 is 5.82 Å². The van der Waals surface area contributed by atoms with Crippen molar-refractivity contribution in [3.8, 4) is 0 Å². The van der Waals surface area contributed by atoms with Gasteiger partial charge in [0.1, 0.15) is 0 Å². The minimum atomic E-state index is -0.462. The lowest BCUT2D eigenvalue weighted by molar-refractivity contribution is -0.388. The lowest BCUT2D eigenvalue weighted by atomic mass is 9.84. The molecule has 0 bridgehead atoms. The van der Waals surface area contributed by atoms with Gasteiger partial charge in [-0.25, -0.2) is 0 Å². The number of anilines is 1. The number of imidazole rings is 1. The molecule has 1 saturated carbocycles. The minimum Gasteiger partial charge on any atom is -0.360 e. The van der Waals surface area contributed by atoms with E-state index in [-0.39, 0.29) is 11.9 Å². The number of nitrogens with two attached hydrogens (primary N) is 1. The number of aryl methyl sites for hydroxylation is 1. The molecule has 19 heavy (non-hydrogen) atoms. The van der Waals surface area contributed by atoms with E-state index in [4.69, 9.17) is 5.73 Å². The Morgan fingerprint density at radius 1 is 1.58 bits per heavy atom. The number of nitro groups is 1. The summed E-state index contributed by atoms with van der Waals surface area (Å²) in [5, 5.41) is 14.2. The number of hydrogen-bond acceptors (Lipinski definition) is 5. The highest BCUT2D eigenvalue weighted by atomic mass is 16.6. The summed E-state index contributed by atoms with van der Waals surface area (Å²) >= 11 is 0. The van der Waals surface area contributed by atoms with Crippen molar-refractivity contribution in [2.24, 2.45) is 18.7 Å². The van der Waals surface area contributed by atoms with E-state index in [0.717, 1.165) is 12.8 Å². The fourth-order valence-electron chi connectivity index (χ4n) is 2.80. The van der Waals surface area contributed by atoms with Gasteiger partial charge in [-0.3, -0.25) is 4.57 Å². The Morgan fingerprint density at radius 3 is 2.84 bits per heavy atom. The Balaban J connectivity index is 2.13. The first-order valence-electron chi connectivity index (χ1n) is 6.75. The van der Waals surface area contributed by atoms with Gasteiger partial charge in [-0.2, -0.15) is 0 Å². The number of hydrogen-bond donors (Lipinski definition) is 2. The molecular weight excluding hydrogens is 246 g/mol. The van der Waals surface area contributed by atoms with Gasteiger partial charge in [0.05, 0.1) is 0 Å². The van der Waals surface area contributed by atoms with Crippen molar-refractivity contribution in [1.29, 1.82) is 0 Å². The normalized spacial score (nSPS) is 18.2. The van der Waals surface area contributed by atoms with Gasteiger partial charge < -0.3 is 21.2 Å². The zero-order chi connectivity index (χ0) is 13.8. The van der Waals surface area contributed by atoms with Crippen molar-refractivity contribution in [1.82, 2.24) is 9.55 Å². The van der Waals surface area contributed by atoms with Crippen LogP contribution < -0.4 is 11.1 Å². The molecule has 7 nitrogen and oxygen atoms in total. The predicted molar refractivity (Wildman–Crippen MR) is 72.9 cm³/mol. The Hall–Kier alpha value is -1.63. The lowest BCUT2D eigenvalue weighted by Crippen LogP contribution is -2.38. The zero-order valence-corrected chi connectivity index (χ0v) is 11.2. The first-order chi connectivity index (χ1) is 9.13. The maximum Gasteiger partial charge on any atom is 0.406 e. The molecule has 7 heteroatoms. The Kier molecular flexibility index (Phi) is 4.36. The molecule has 1 heterocycles. The fourth-order valence-corrected chi connectivity index (χ4v) is 2.80. The maximum atomic E-state index is 10.9. The highest BCUT2D eigenvalue weighted by Gasteiger charge is 2.27. The highest BCUT2D eigenvalue weighted by molar-refractivity contribution is 5.52. The van der Waals surface area contributed by atoms with Crippen LogP contribution in [0.3, 0.4) is 0 Å².